The van der Waals surface area contributed by atoms with E-state index >= 15 is 0 Å². The number of carbonyl (C=O) groups excluding carboxylic acids is 1. The Morgan fingerprint density at radius 1 is 1.35 bits per heavy atom. The number of benzene rings is 1. The Bertz CT molecular complexity index is 689. The van der Waals surface area contributed by atoms with Gasteiger partial charge in [-0.05, 0) is 18.9 Å². The van der Waals surface area contributed by atoms with Crippen LogP contribution in [-0.4, -0.2) is 43.3 Å². The average Bonchev–Trinajstić information content (AvgIpc) is 2.46. The first-order valence-electron chi connectivity index (χ1n) is 7.34. The second-order valence-electron chi connectivity index (χ2n) is 5.47. The predicted molar refractivity (Wildman–Crippen MR) is 86.0 cm³/mol. The lowest BCUT2D eigenvalue weighted by Crippen LogP contribution is -2.43. The van der Waals surface area contributed by atoms with Gasteiger partial charge in [-0.2, -0.15) is 0 Å². The molecule has 1 heterocycles. The van der Waals surface area contributed by atoms with Crippen LogP contribution in [0.2, 0.25) is 0 Å². The number of nitrogens with zero attached hydrogens (tertiary/aromatic N) is 1. The van der Waals surface area contributed by atoms with Crippen molar-refractivity contribution in [2.45, 2.75) is 25.3 Å². The van der Waals surface area contributed by atoms with Crippen molar-refractivity contribution in [3.63, 3.8) is 0 Å². The van der Waals surface area contributed by atoms with Gasteiger partial charge in [0.2, 0.25) is 5.91 Å². The van der Waals surface area contributed by atoms with Crippen molar-refractivity contribution in [1.82, 2.24) is 5.32 Å². The monoisotopic (exact) mass is 341 g/mol. The van der Waals surface area contributed by atoms with E-state index in [2.05, 4.69) is 10.6 Å². The minimum atomic E-state index is -3.06. The molecular weight excluding hydrogens is 322 g/mol. The maximum Gasteiger partial charge on any atom is 0.292 e. The Hall–Kier alpha value is -2.16. The van der Waals surface area contributed by atoms with Crippen molar-refractivity contribution >= 4 is 27.1 Å². The number of sulfone groups is 1. The molecule has 1 fully saturated rings. The van der Waals surface area contributed by atoms with Crippen molar-refractivity contribution < 1.29 is 18.1 Å². The van der Waals surface area contributed by atoms with Gasteiger partial charge in [-0.1, -0.05) is 12.1 Å². The zero-order valence-corrected chi connectivity index (χ0v) is 13.3. The third-order valence-corrected chi connectivity index (χ3v) is 5.42. The van der Waals surface area contributed by atoms with Crippen LogP contribution in [0.1, 0.15) is 19.3 Å². The van der Waals surface area contributed by atoms with E-state index < -0.39 is 14.8 Å². The molecule has 1 aromatic rings. The normalized spacial score (nSPS) is 19.7. The van der Waals surface area contributed by atoms with Gasteiger partial charge in [0.15, 0.2) is 9.84 Å². The van der Waals surface area contributed by atoms with Gasteiger partial charge in [0.1, 0.15) is 5.69 Å². The van der Waals surface area contributed by atoms with Crippen LogP contribution in [0.4, 0.5) is 11.4 Å². The number of nitro benzene ring substituents is 1. The van der Waals surface area contributed by atoms with Gasteiger partial charge in [-0.15, -0.1) is 0 Å². The van der Waals surface area contributed by atoms with Crippen molar-refractivity contribution in [3.05, 3.63) is 34.4 Å². The molecule has 1 aromatic carbocycles. The van der Waals surface area contributed by atoms with Gasteiger partial charge < -0.3 is 10.6 Å². The largest absolute Gasteiger partial charge is 0.379 e. The SMILES string of the molecule is O=C(CCNc1ccccc1[N+](=O)[O-])N[C@@H]1CCCS(=O)(=O)C1. The molecular formula is C14H19N3O5S. The van der Waals surface area contributed by atoms with E-state index in [0.29, 0.717) is 18.5 Å². The number of carbonyl (C=O) groups is 1. The summed E-state index contributed by atoms with van der Waals surface area (Å²) in [6.07, 6.45) is 1.33. The molecule has 0 aromatic heterocycles. The Morgan fingerprint density at radius 3 is 2.78 bits per heavy atom. The highest BCUT2D eigenvalue weighted by molar-refractivity contribution is 7.91. The number of nitrogens with one attached hydrogen (secondary N) is 2. The molecule has 2 rings (SSSR count). The maximum absolute atomic E-state index is 11.9. The van der Waals surface area contributed by atoms with Gasteiger partial charge in [-0.25, -0.2) is 8.42 Å². The van der Waals surface area contributed by atoms with E-state index in [1.807, 2.05) is 0 Å². The molecule has 1 saturated heterocycles. The molecule has 126 valence electrons. The first-order chi connectivity index (χ1) is 10.9. The molecule has 0 bridgehead atoms. The Morgan fingerprint density at radius 2 is 2.09 bits per heavy atom. The van der Waals surface area contributed by atoms with E-state index in [0.717, 1.165) is 0 Å². The minimum absolute atomic E-state index is 0.0175. The molecule has 9 heteroatoms. The first kappa shape index (κ1) is 17.2. The quantitative estimate of drug-likeness (QED) is 0.590. The van der Waals surface area contributed by atoms with E-state index in [1.54, 1.807) is 18.2 Å². The van der Waals surface area contributed by atoms with Crippen LogP contribution >= 0.6 is 0 Å². The second kappa shape index (κ2) is 7.40. The standard InChI is InChI=1S/C14H19N3O5S/c18-14(16-11-4-3-9-23(21,22)10-11)7-8-15-12-5-1-2-6-13(12)17(19)20/h1-2,5-6,11,15H,3-4,7-10H2,(H,16,18)/t11-/m1/s1. The lowest BCUT2D eigenvalue weighted by Gasteiger charge is -2.23. The number of hydrogen-bond acceptors (Lipinski definition) is 6. The zero-order valence-electron chi connectivity index (χ0n) is 12.5. The summed E-state index contributed by atoms with van der Waals surface area (Å²) in [6.45, 7) is 0.232. The van der Waals surface area contributed by atoms with E-state index in [4.69, 9.17) is 0 Å². The number of hydrogen-bond donors (Lipinski definition) is 2. The Labute approximate surface area is 134 Å². The number of anilines is 1. The molecule has 0 aliphatic carbocycles. The Balaban J connectivity index is 1.80. The summed E-state index contributed by atoms with van der Waals surface area (Å²) in [6, 6.07) is 5.85. The molecule has 1 aliphatic heterocycles. The van der Waals surface area contributed by atoms with Crippen LogP contribution in [0, 0.1) is 10.1 Å². The molecule has 1 atom stereocenters. The van der Waals surface area contributed by atoms with Gasteiger partial charge in [0.05, 0.1) is 16.4 Å². The van der Waals surface area contributed by atoms with Crippen LogP contribution < -0.4 is 10.6 Å². The lowest BCUT2D eigenvalue weighted by molar-refractivity contribution is -0.384. The van der Waals surface area contributed by atoms with E-state index in [9.17, 15) is 23.3 Å². The smallest absolute Gasteiger partial charge is 0.292 e. The highest BCUT2D eigenvalue weighted by Crippen LogP contribution is 2.22. The van der Waals surface area contributed by atoms with Crippen LogP contribution in [0.25, 0.3) is 0 Å². The summed E-state index contributed by atoms with van der Waals surface area (Å²) in [5.74, 6) is -0.104. The van der Waals surface area contributed by atoms with Gasteiger partial charge in [-0.3, -0.25) is 14.9 Å². The lowest BCUT2D eigenvalue weighted by atomic mass is 10.2. The van der Waals surface area contributed by atoms with Crippen molar-refractivity contribution in [2.24, 2.45) is 0 Å². The summed E-state index contributed by atoms with van der Waals surface area (Å²) < 4.78 is 23.0. The number of para-hydroxylation sites is 2. The van der Waals surface area contributed by atoms with E-state index in [1.165, 1.54) is 6.07 Å². The van der Waals surface area contributed by atoms with Crippen LogP contribution in [0.15, 0.2) is 24.3 Å². The van der Waals surface area contributed by atoms with Crippen molar-refractivity contribution in [3.8, 4) is 0 Å². The fourth-order valence-corrected chi connectivity index (χ4v) is 4.17. The molecule has 0 unspecified atom stereocenters. The molecule has 0 radical (unpaired) electrons. The molecule has 0 spiro atoms. The molecule has 0 saturated carbocycles. The van der Waals surface area contributed by atoms with Gasteiger partial charge in [0, 0.05) is 25.1 Å². The van der Waals surface area contributed by atoms with E-state index in [-0.39, 0.29) is 42.1 Å². The zero-order chi connectivity index (χ0) is 16.9. The molecule has 1 amide bonds. The summed E-state index contributed by atoms with van der Waals surface area (Å²) in [5.41, 5.74) is 0.303. The molecule has 2 N–H and O–H groups in total. The minimum Gasteiger partial charge on any atom is -0.379 e. The first-order valence-corrected chi connectivity index (χ1v) is 9.16. The van der Waals surface area contributed by atoms with Crippen LogP contribution in [0.3, 0.4) is 0 Å². The predicted octanol–water partition coefficient (Wildman–Crippen LogP) is 1.09. The number of rotatable bonds is 6. The summed E-state index contributed by atoms with van der Waals surface area (Å²) >= 11 is 0. The number of amides is 1. The maximum atomic E-state index is 11.9. The average molecular weight is 341 g/mol. The Kier molecular flexibility index (Phi) is 5.54. The van der Waals surface area contributed by atoms with Gasteiger partial charge >= 0.3 is 0 Å². The molecule has 1 aliphatic rings. The fraction of sp³-hybridized carbons (Fsp3) is 0.500. The third-order valence-electron chi connectivity index (χ3n) is 3.60. The molecule has 23 heavy (non-hydrogen) atoms. The van der Waals surface area contributed by atoms with Crippen molar-refractivity contribution in [1.29, 1.82) is 0 Å². The summed E-state index contributed by atoms with van der Waals surface area (Å²) in [7, 11) is -3.06. The highest BCUT2D eigenvalue weighted by Gasteiger charge is 2.25. The second-order valence-corrected chi connectivity index (χ2v) is 7.70. The third kappa shape index (κ3) is 5.20. The van der Waals surface area contributed by atoms with Crippen LogP contribution in [0.5, 0.6) is 0 Å². The fourth-order valence-electron chi connectivity index (χ4n) is 2.53. The topological polar surface area (TPSA) is 118 Å². The number of nitro groups is 1. The highest BCUT2D eigenvalue weighted by atomic mass is 32.2. The van der Waals surface area contributed by atoms with Gasteiger partial charge in [0.25, 0.3) is 5.69 Å². The molecule has 8 nitrogen and oxygen atoms in total. The van der Waals surface area contributed by atoms with Crippen LogP contribution in [-0.2, 0) is 14.6 Å². The summed E-state index contributed by atoms with van der Waals surface area (Å²) in [4.78, 5) is 22.2. The van der Waals surface area contributed by atoms with Crippen molar-refractivity contribution in [2.75, 3.05) is 23.4 Å². The summed E-state index contributed by atoms with van der Waals surface area (Å²) in [5, 5.41) is 16.4.